The molecule has 0 aliphatic heterocycles. The fourth-order valence-electron chi connectivity index (χ4n) is 1.66. The van der Waals surface area contributed by atoms with Crippen LogP contribution in [0, 0.1) is 23.2 Å². The molecule has 1 atom stereocenters. The number of amides is 1. The first-order valence-corrected chi connectivity index (χ1v) is 6.26. The second-order valence-electron chi connectivity index (χ2n) is 4.48. The number of hydrogen-bond donors (Lipinski definition) is 0. The lowest BCUT2D eigenvalue weighted by Gasteiger charge is -2.24. The van der Waals surface area contributed by atoms with Crippen molar-refractivity contribution in [3.63, 3.8) is 0 Å². The van der Waals surface area contributed by atoms with Crippen LogP contribution >= 0.6 is 0 Å². The highest BCUT2D eigenvalue weighted by Gasteiger charge is 2.25. The second kappa shape index (κ2) is 8.15. The summed E-state index contributed by atoms with van der Waals surface area (Å²) in [6, 6.07) is 2.12. The fraction of sp³-hybridized carbons (Fsp3) is 0.846. The molecule has 16 heavy (non-hydrogen) atoms. The highest BCUT2D eigenvalue weighted by Crippen LogP contribution is 2.14. The van der Waals surface area contributed by atoms with Gasteiger partial charge in [0.05, 0.1) is 6.07 Å². The lowest BCUT2D eigenvalue weighted by molar-refractivity contribution is -0.134. The van der Waals surface area contributed by atoms with Crippen LogP contribution in [0.5, 0.6) is 0 Å². The molecule has 1 amide bonds. The summed E-state index contributed by atoms with van der Waals surface area (Å²) in [6.07, 6.45) is 3.33. The van der Waals surface area contributed by atoms with Crippen LogP contribution in [-0.2, 0) is 4.79 Å². The van der Waals surface area contributed by atoms with Gasteiger partial charge in [0.25, 0.3) is 0 Å². The second-order valence-corrected chi connectivity index (χ2v) is 4.48. The standard InChI is InChI=1S/C13H24N2O/c1-5-7-8-9-15(6-2)13(16)12(10-14)11(3)4/h11-12H,5-9H2,1-4H3. The first-order valence-electron chi connectivity index (χ1n) is 6.26. The van der Waals surface area contributed by atoms with Crippen LogP contribution < -0.4 is 0 Å². The first-order chi connectivity index (χ1) is 7.58. The third-order valence-corrected chi connectivity index (χ3v) is 2.80. The van der Waals surface area contributed by atoms with E-state index in [4.69, 9.17) is 5.26 Å². The van der Waals surface area contributed by atoms with Gasteiger partial charge in [-0.25, -0.2) is 0 Å². The molecule has 0 aromatic carbocycles. The normalized spacial score (nSPS) is 12.2. The van der Waals surface area contributed by atoms with Gasteiger partial charge in [-0.1, -0.05) is 33.6 Å². The molecule has 0 fully saturated rings. The first kappa shape index (κ1) is 15.0. The van der Waals surface area contributed by atoms with E-state index in [1.807, 2.05) is 25.7 Å². The summed E-state index contributed by atoms with van der Waals surface area (Å²) in [7, 11) is 0. The largest absolute Gasteiger partial charge is 0.342 e. The maximum atomic E-state index is 12.0. The number of rotatable bonds is 7. The van der Waals surface area contributed by atoms with E-state index < -0.39 is 5.92 Å². The quantitative estimate of drug-likeness (QED) is 0.624. The number of unbranched alkanes of at least 4 members (excludes halogenated alkanes) is 2. The van der Waals surface area contributed by atoms with Crippen LogP contribution in [0.1, 0.15) is 47.0 Å². The topological polar surface area (TPSA) is 44.1 Å². The average molecular weight is 224 g/mol. The van der Waals surface area contributed by atoms with Crippen LogP contribution in [0.4, 0.5) is 0 Å². The molecule has 3 heteroatoms. The molecule has 0 aromatic heterocycles. The Morgan fingerprint density at radius 1 is 1.31 bits per heavy atom. The summed E-state index contributed by atoms with van der Waals surface area (Å²) >= 11 is 0. The number of hydrogen-bond acceptors (Lipinski definition) is 2. The van der Waals surface area contributed by atoms with E-state index in [0.29, 0.717) is 6.54 Å². The van der Waals surface area contributed by atoms with Crippen molar-refractivity contribution in [2.24, 2.45) is 11.8 Å². The van der Waals surface area contributed by atoms with Gasteiger partial charge in [-0.3, -0.25) is 4.79 Å². The average Bonchev–Trinajstić information content (AvgIpc) is 2.24. The number of carbonyl (C=O) groups excluding carboxylic acids is 1. The Kier molecular flexibility index (Phi) is 7.62. The van der Waals surface area contributed by atoms with Crippen LogP contribution in [0.3, 0.4) is 0 Å². The van der Waals surface area contributed by atoms with Crippen molar-refractivity contribution in [1.82, 2.24) is 4.90 Å². The van der Waals surface area contributed by atoms with E-state index >= 15 is 0 Å². The van der Waals surface area contributed by atoms with Gasteiger partial charge in [-0.2, -0.15) is 5.26 Å². The van der Waals surface area contributed by atoms with Gasteiger partial charge in [0, 0.05) is 13.1 Å². The maximum absolute atomic E-state index is 12.0. The minimum atomic E-state index is -0.485. The lowest BCUT2D eigenvalue weighted by atomic mass is 9.96. The number of carbonyl (C=O) groups is 1. The predicted molar refractivity (Wildman–Crippen MR) is 65.7 cm³/mol. The molecule has 0 saturated heterocycles. The van der Waals surface area contributed by atoms with E-state index in [-0.39, 0.29) is 11.8 Å². The van der Waals surface area contributed by atoms with Crippen molar-refractivity contribution in [2.45, 2.75) is 47.0 Å². The Balaban J connectivity index is 4.34. The molecule has 0 saturated carbocycles. The molecule has 0 aromatic rings. The van der Waals surface area contributed by atoms with Gasteiger partial charge < -0.3 is 4.90 Å². The van der Waals surface area contributed by atoms with Gasteiger partial charge in [-0.05, 0) is 19.3 Å². The van der Waals surface area contributed by atoms with E-state index in [0.717, 1.165) is 25.8 Å². The monoisotopic (exact) mass is 224 g/mol. The number of nitriles is 1. The summed E-state index contributed by atoms with van der Waals surface area (Å²) in [6.45, 7) is 9.45. The zero-order chi connectivity index (χ0) is 12.6. The fourth-order valence-corrected chi connectivity index (χ4v) is 1.66. The molecule has 0 bridgehead atoms. The Bertz CT molecular complexity index is 243. The third-order valence-electron chi connectivity index (χ3n) is 2.80. The van der Waals surface area contributed by atoms with Gasteiger partial charge in [0.15, 0.2) is 0 Å². The minimum absolute atomic E-state index is 0.00361. The molecule has 0 aliphatic carbocycles. The van der Waals surface area contributed by atoms with Gasteiger partial charge >= 0.3 is 0 Å². The SMILES string of the molecule is CCCCCN(CC)C(=O)C(C#N)C(C)C. The van der Waals surface area contributed by atoms with Crippen molar-refractivity contribution < 1.29 is 4.79 Å². The van der Waals surface area contributed by atoms with Gasteiger partial charge in [0.2, 0.25) is 5.91 Å². The Labute approximate surface area is 99.4 Å². The molecular formula is C13H24N2O. The van der Waals surface area contributed by atoms with Crippen molar-refractivity contribution >= 4 is 5.91 Å². The zero-order valence-electron chi connectivity index (χ0n) is 11.0. The molecule has 0 spiro atoms. The summed E-state index contributed by atoms with van der Waals surface area (Å²) in [5, 5.41) is 8.99. The smallest absolute Gasteiger partial charge is 0.240 e. The molecule has 0 heterocycles. The summed E-state index contributed by atoms with van der Waals surface area (Å²) in [4.78, 5) is 13.9. The highest BCUT2D eigenvalue weighted by molar-refractivity contribution is 5.81. The van der Waals surface area contributed by atoms with Crippen molar-refractivity contribution in [3.05, 3.63) is 0 Å². The molecular weight excluding hydrogens is 200 g/mol. The van der Waals surface area contributed by atoms with Crippen LogP contribution in [0.2, 0.25) is 0 Å². The van der Waals surface area contributed by atoms with E-state index in [2.05, 4.69) is 13.0 Å². The van der Waals surface area contributed by atoms with E-state index in [9.17, 15) is 4.79 Å². The molecule has 0 aliphatic rings. The van der Waals surface area contributed by atoms with Crippen molar-refractivity contribution in [1.29, 1.82) is 5.26 Å². The van der Waals surface area contributed by atoms with E-state index in [1.165, 1.54) is 0 Å². The third kappa shape index (κ3) is 4.65. The van der Waals surface area contributed by atoms with Crippen LogP contribution in [0.15, 0.2) is 0 Å². The summed E-state index contributed by atoms with van der Waals surface area (Å²) in [5.41, 5.74) is 0. The minimum Gasteiger partial charge on any atom is -0.342 e. The maximum Gasteiger partial charge on any atom is 0.240 e. The summed E-state index contributed by atoms with van der Waals surface area (Å²) in [5.74, 6) is -0.393. The lowest BCUT2D eigenvalue weighted by Crippen LogP contribution is -2.38. The summed E-state index contributed by atoms with van der Waals surface area (Å²) < 4.78 is 0. The zero-order valence-corrected chi connectivity index (χ0v) is 11.0. The van der Waals surface area contributed by atoms with Crippen LogP contribution in [0.25, 0.3) is 0 Å². The molecule has 92 valence electrons. The van der Waals surface area contributed by atoms with Gasteiger partial charge in [-0.15, -0.1) is 0 Å². The molecule has 1 unspecified atom stereocenters. The number of nitrogens with zero attached hydrogens (tertiary/aromatic N) is 2. The Morgan fingerprint density at radius 2 is 1.94 bits per heavy atom. The Morgan fingerprint density at radius 3 is 2.31 bits per heavy atom. The van der Waals surface area contributed by atoms with Crippen LogP contribution in [-0.4, -0.2) is 23.9 Å². The Hall–Kier alpha value is -1.04. The van der Waals surface area contributed by atoms with Crippen molar-refractivity contribution in [2.75, 3.05) is 13.1 Å². The highest BCUT2D eigenvalue weighted by atomic mass is 16.2. The van der Waals surface area contributed by atoms with E-state index in [1.54, 1.807) is 0 Å². The van der Waals surface area contributed by atoms with Crippen molar-refractivity contribution in [3.8, 4) is 6.07 Å². The molecule has 0 rings (SSSR count). The molecule has 3 nitrogen and oxygen atoms in total. The predicted octanol–water partition coefficient (Wildman–Crippen LogP) is 2.82. The van der Waals surface area contributed by atoms with Gasteiger partial charge in [0.1, 0.15) is 5.92 Å². The molecule has 0 radical (unpaired) electrons. The molecule has 0 N–H and O–H groups in total.